The molecule has 0 bridgehead atoms. The smallest absolute Gasteiger partial charge is 0.0712 e. The molecule has 0 saturated heterocycles. The zero-order valence-electron chi connectivity index (χ0n) is 11.3. The SMILES string of the molecule is Cc1ccc(CCc2nncc3ccccc23)cn1.Cl. The fourth-order valence-corrected chi connectivity index (χ4v) is 2.18. The highest BCUT2D eigenvalue weighted by Gasteiger charge is 2.03. The topological polar surface area (TPSA) is 38.7 Å². The van der Waals surface area contributed by atoms with Gasteiger partial charge in [-0.25, -0.2) is 0 Å². The third-order valence-electron chi connectivity index (χ3n) is 3.27. The third kappa shape index (κ3) is 3.11. The number of hydrogen-bond donors (Lipinski definition) is 0. The molecule has 102 valence electrons. The average molecular weight is 286 g/mol. The highest BCUT2D eigenvalue weighted by molar-refractivity contribution is 5.85. The molecule has 0 N–H and O–H groups in total. The van der Waals surface area contributed by atoms with Crippen LogP contribution >= 0.6 is 12.4 Å². The van der Waals surface area contributed by atoms with Crippen molar-refractivity contribution in [3.8, 4) is 0 Å². The Morgan fingerprint density at radius 3 is 2.60 bits per heavy atom. The molecule has 3 nitrogen and oxygen atoms in total. The van der Waals surface area contributed by atoms with E-state index in [2.05, 4.69) is 33.4 Å². The molecular weight excluding hydrogens is 270 g/mol. The van der Waals surface area contributed by atoms with Crippen LogP contribution in [-0.4, -0.2) is 15.2 Å². The maximum atomic E-state index is 4.32. The lowest BCUT2D eigenvalue weighted by Gasteiger charge is -2.04. The molecule has 3 aromatic rings. The standard InChI is InChI=1S/C16H15N3.ClH/c1-12-6-7-13(10-17-12)8-9-16-15-5-3-2-4-14(15)11-18-19-16;/h2-7,10-11H,8-9H2,1H3;1H. The van der Waals surface area contributed by atoms with Crippen molar-refractivity contribution in [1.82, 2.24) is 15.2 Å². The Morgan fingerprint density at radius 1 is 0.950 bits per heavy atom. The predicted octanol–water partition coefficient (Wildman–Crippen LogP) is 3.54. The first-order valence-corrected chi connectivity index (χ1v) is 6.44. The van der Waals surface area contributed by atoms with E-state index in [0.29, 0.717) is 0 Å². The second-order valence-corrected chi connectivity index (χ2v) is 4.69. The molecule has 2 heterocycles. The molecule has 0 fully saturated rings. The van der Waals surface area contributed by atoms with Gasteiger partial charge in [0.15, 0.2) is 0 Å². The van der Waals surface area contributed by atoms with E-state index in [0.717, 1.165) is 29.6 Å². The lowest BCUT2D eigenvalue weighted by Crippen LogP contribution is -1.98. The normalized spacial score (nSPS) is 10.2. The quantitative estimate of drug-likeness (QED) is 0.739. The van der Waals surface area contributed by atoms with Crippen LogP contribution in [0.15, 0.2) is 48.8 Å². The van der Waals surface area contributed by atoms with E-state index in [4.69, 9.17) is 0 Å². The van der Waals surface area contributed by atoms with Crippen molar-refractivity contribution in [3.63, 3.8) is 0 Å². The molecule has 0 unspecified atom stereocenters. The molecule has 1 aromatic carbocycles. The van der Waals surface area contributed by atoms with E-state index in [9.17, 15) is 0 Å². The predicted molar refractivity (Wildman–Crippen MR) is 83.2 cm³/mol. The van der Waals surface area contributed by atoms with E-state index in [1.54, 1.807) is 0 Å². The number of benzene rings is 1. The molecule has 0 saturated carbocycles. The highest BCUT2D eigenvalue weighted by Crippen LogP contribution is 2.16. The van der Waals surface area contributed by atoms with Crippen molar-refractivity contribution >= 4 is 23.2 Å². The Labute approximate surface area is 124 Å². The minimum atomic E-state index is 0. The number of hydrogen-bond acceptors (Lipinski definition) is 3. The van der Waals surface area contributed by atoms with Crippen LogP contribution in [0.4, 0.5) is 0 Å². The van der Waals surface area contributed by atoms with Crippen molar-refractivity contribution in [2.24, 2.45) is 0 Å². The fourth-order valence-electron chi connectivity index (χ4n) is 2.18. The summed E-state index contributed by atoms with van der Waals surface area (Å²) in [5.41, 5.74) is 3.34. The Balaban J connectivity index is 0.00000147. The van der Waals surface area contributed by atoms with Gasteiger partial charge in [0.1, 0.15) is 0 Å². The molecule has 0 aliphatic carbocycles. The minimum Gasteiger partial charge on any atom is -0.261 e. The maximum absolute atomic E-state index is 4.32. The molecule has 0 aliphatic rings. The Bertz CT molecular complexity index is 690. The monoisotopic (exact) mass is 285 g/mol. The number of halogens is 1. The van der Waals surface area contributed by atoms with Gasteiger partial charge in [0, 0.05) is 22.7 Å². The number of aromatic nitrogens is 3. The van der Waals surface area contributed by atoms with Gasteiger partial charge in [-0.15, -0.1) is 12.4 Å². The van der Waals surface area contributed by atoms with Gasteiger partial charge in [0.2, 0.25) is 0 Å². The Hall–Kier alpha value is -2.00. The van der Waals surface area contributed by atoms with E-state index in [-0.39, 0.29) is 12.4 Å². The van der Waals surface area contributed by atoms with E-state index in [1.807, 2.05) is 37.5 Å². The average Bonchev–Trinajstić information content (AvgIpc) is 2.47. The number of aryl methyl sites for hydroxylation is 3. The van der Waals surface area contributed by atoms with Gasteiger partial charge in [-0.3, -0.25) is 4.98 Å². The fraction of sp³-hybridized carbons (Fsp3) is 0.188. The van der Waals surface area contributed by atoms with Crippen molar-refractivity contribution in [3.05, 3.63) is 65.7 Å². The summed E-state index contributed by atoms with van der Waals surface area (Å²) in [6, 6.07) is 12.4. The first-order chi connectivity index (χ1) is 9.33. The second-order valence-electron chi connectivity index (χ2n) is 4.69. The summed E-state index contributed by atoms with van der Waals surface area (Å²) in [6.07, 6.45) is 5.58. The van der Waals surface area contributed by atoms with E-state index in [1.165, 1.54) is 10.9 Å². The number of fused-ring (bicyclic) bond motifs is 1. The van der Waals surface area contributed by atoms with Crippen molar-refractivity contribution < 1.29 is 0 Å². The molecule has 0 atom stereocenters. The molecule has 0 spiro atoms. The minimum absolute atomic E-state index is 0. The Morgan fingerprint density at radius 2 is 1.80 bits per heavy atom. The van der Waals surface area contributed by atoms with Crippen LogP contribution in [0.5, 0.6) is 0 Å². The first kappa shape index (κ1) is 14.4. The van der Waals surface area contributed by atoms with E-state index >= 15 is 0 Å². The van der Waals surface area contributed by atoms with Crippen LogP contribution < -0.4 is 0 Å². The van der Waals surface area contributed by atoms with Crippen molar-refractivity contribution in [2.45, 2.75) is 19.8 Å². The lowest BCUT2D eigenvalue weighted by molar-refractivity contribution is 0.869. The Kier molecular flexibility index (Phi) is 4.64. The summed E-state index contributed by atoms with van der Waals surface area (Å²) < 4.78 is 0. The molecule has 3 rings (SSSR count). The van der Waals surface area contributed by atoms with Gasteiger partial charge in [0.25, 0.3) is 0 Å². The molecule has 2 aromatic heterocycles. The maximum Gasteiger partial charge on any atom is 0.0712 e. The van der Waals surface area contributed by atoms with Crippen LogP contribution in [0.25, 0.3) is 10.8 Å². The molecule has 4 heteroatoms. The summed E-state index contributed by atoms with van der Waals surface area (Å²) in [7, 11) is 0. The molecule has 0 aliphatic heterocycles. The van der Waals surface area contributed by atoms with Gasteiger partial charge in [0.05, 0.1) is 11.9 Å². The number of rotatable bonds is 3. The zero-order valence-corrected chi connectivity index (χ0v) is 12.1. The summed E-state index contributed by atoms with van der Waals surface area (Å²) in [6.45, 7) is 2.00. The van der Waals surface area contributed by atoms with Crippen molar-refractivity contribution in [1.29, 1.82) is 0 Å². The first-order valence-electron chi connectivity index (χ1n) is 6.44. The summed E-state index contributed by atoms with van der Waals surface area (Å²) in [5, 5.41) is 10.7. The van der Waals surface area contributed by atoms with Gasteiger partial charge in [-0.1, -0.05) is 30.3 Å². The summed E-state index contributed by atoms with van der Waals surface area (Å²) in [4.78, 5) is 4.32. The van der Waals surface area contributed by atoms with Gasteiger partial charge >= 0.3 is 0 Å². The summed E-state index contributed by atoms with van der Waals surface area (Å²) in [5.74, 6) is 0. The summed E-state index contributed by atoms with van der Waals surface area (Å²) >= 11 is 0. The molecule has 20 heavy (non-hydrogen) atoms. The lowest BCUT2D eigenvalue weighted by atomic mass is 10.1. The largest absolute Gasteiger partial charge is 0.261 e. The molecule has 0 radical (unpaired) electrons. The van der Waals surface area contributed by atoms with Crippen molar-refractivity contribution in [2.75, 3.05) is 0 Å². The van der Waals surface area contributed by atoms with Crippen LogP contribution in [0.2, 0.25) is 0 Å². The van der Waals surface area contributed by atoms with Crippen LogP contribution in [0.3, 0.4) is 0 Å². The zero-order chi connectivity index (χ0) is 13.1. The van der Waals surface area contributed by atoms with Crippen LogP contribution in [0.1, 0.15) is 17.0 Å². The second kappa shape index (κ2) is 6.44. The van der Waals surface area contributed by atoms with Gasteiger partial charge in [-0.2, -0.15) is 10.2 Å². The molecule has 0 amide bonds. The van der Waals surface area contributed by atoms with Gasteiger partial charge < -0.3 is 0 Å². The third-order valence-corrected chi connectivity index (χ3v) is 3.27. The van der Waals surface area contributed by atoms with Crippen LogP contribution in [0, 0.1) is 6.92 Å². The van der Waals surface area contributed by atoms with Gasteiger partial charge in [-0.05, 0) is 31.4 Å². The highest BCUT2D eigenvalue weighted by atomic mass is 35.5. The number of nitrogens with zero attached hydrogens (tertiary/aromatic N) is 3. The number of pyridine rings is 1. The van der Waals surface area contributed by atoms with Crippen LogP contribution in [-0.2, 0) is 12.8 Å². The van der Waals surface area contributed by atoms with E-state index < -0.39 is 0 Å². The molecular formula is C16H16ClN3.